The summed E-state index contributed by atoms with van der Waals surface area (Å²) in [7, 11) is 0. The Bertz CT molecular complexity index is 263. The predicted octanol–water partition coefficient (Wildman–Crippen LogP) is 2.33. The minimum absolute atomic E-state index is 0.341. The molecule has 0 N–H and O–H groups in total. The Kier molecular flexibility index (Phi) is 1.86. The molecule has 3 fully saturated rings. The molecule has 0 aromatic rings. The van der Waals surface area contributed by atoms with Crippen molar-refractivity contribution in [3.05, 3.63) is 0 Å². The van der Waals surface area contributed by atoms with Crippen LogP contribution in [0.4, 0.5) is 0 Å². The predicted molar refractivity (Wildman–Crippen MR) is 54.9 cm³/mol. The van der Waals surface area contributed by atoms with Crippen molar-refractivity contribution in [2.75, 3.05) is 6.54 Å². The third kappa shape index (κ3) is 0.999. The van der Waals surface area contributed by atoms with Crippen molar-refractivity contribution < 1.29 is 4.79 Å². The van der Waals surface area contributed by atoms with Gasteiger partial charge in [0.25, 0.3) is 0 Å². The van der Waals surface area contributed by atoms with Gasteiger partial charge in [-0.05, 0) is 38.0 Å². The number of carbonyl (C=O) groups excluding carboxylic acids is 1. The van der Waals surface area contributed by atoms with Gasteiger partial charge in [0.15, 0.2) is 0 Å². The summed E-state index contributed by atoms with van der Waals surface area (Å²) < 4.78 is 0. The third-order valence-electron chi connectivity index (χ3n) is 4.71. The highest BCUT2D eigenvalue weighted by molar-refractivity contribution is 5.78. The molecule has 2 nitrogen and oxygen atoms in total. The van der Waals surface area contributed by atoms with Crippen LogP contribution in [0.25, 0.3) is 0 Å². The minimum atomic E-state index is 0.341. The van der Waals surface area contributed by atoms with E-state index in [2.05, 4.69) is 4.90 Å². The van der Waals surface area contributed by atoms with Gasteiger partial charge < -0.3 is 4.90 Å². The summed E-state index contributed by atoms with van der Waals surface area (Å²) in [6.07, 6.45) is 9.97. The van der Waals surface area contributed by atoms with Crippen molar-refractivity contribution in [1.82, 2.24) is 4.90 Å². The molecule has 1 aliphatic carbocycles. The van der Waals surface area contributed by atoms with Crippen molar-refractivity contribution in [3.63, 3.8) is 0 Å². The number of hydrogen-bond donors (Lipinski definition) is 0. The molecule has 2 heterocycles. The first-order chi connectivity index (χ1) is 6.83. The Morgan fingerprint density at radius 2 is 2.00 bits per heavy atom. The van der Waals surface area contributed by atoms with E-state index in [9.17, 15) is 4.79 Å². The quantitative estimate of drug-likeness (QED) is 0.578. The lowest BCUT2D eigenvalue weighted by atomic mass is 9.67. The van der Waals surface area contributed by atoms with Crippen LogP contribution in [0, 0.1) is 5.92 Å². The second kappa shape index (κ2) is 2.98. The molecule has 0 aromatic heterocycles. The molecule has 0 bridgehead atoms. The normalized spacial score (nSPS) is 42.1. The maximum absolute atomic E-state index is 11.9. The Balaban J connectivity index is 1.95. The number of nitrogens with zero attached hydrogens (tertiary/aromatic N) is 1. The van der Waals surface area contributed by atoms with E-state index in [4.69, 9.17) is 0 Å². The lowest BCUT2D eigenvalue weighted by Gasteiger charge is -2.51. The highest BCUT2D eigenvalue weighted by Crippen LogP contribution is 2.49. The van der Waals surface area contributed by atoms with Crippen molar-refractivity contribution in [3.8, 4) is 0 Å². The van der Waals surface area contributed by atoms with Gasteiger partial charge in [0.2, 0.25) is 5.91 Å². The first-order valence-electron chi connectivity index (χ1n) is 6.13. The Labute approximate surface area is 85.7 Å². The molecule has 14 heavy (non-hydrogen) atoms. The summed E-state index contributed by atoms with van der Waals surface area (Å²) in [4.78, 5) is 14.1. The van der Waals surface area contributed by atoms with Crippen LogP contribution in [0.3, 0.4) is 0 Å². The molecule has 0 aromatic carbocycles. The van der Waals surface area contributed by atoms with Crippen LogP contribution < -0.4 is 0 Å². The summed E-state index contributed by atoms with van der Waals surface area (Å²) in [6, 6.07) is 0. The molecule has 0 radical (unpaired) electrons. The van der Waals surface area contributed by atoms with Crippen LogP contribution in [0.5, 0.6) is 0 Å². The minimum Gasteiger partial charge on any atom is -0.337 e. The zero-order valence-corrected chi connectivity index (χ0v) is 8.80. The van der Waals surface area contributed by atoms with Crippen LogP contribution in [-0.4, -0.2) is 22.9 Å². The Hall–Kier alpha value is -0.530. The summed E-state index contributed by atoms with van der Waals surface area (Å²) in [5.74, 6) is 1.29. The Morgan fingerprint density at radius 3 is 2.93 bits per heavy atom. The smallest absolute Gasteiger partial charge is 0.223 e. The van der Waals surface area contributed by atoms with Crippen LogP contribution in [0.2, 0.25) is 0 Å². The van der Waals surface area contributed by atoms with Gasteiger partial charge in [0, 0.05) is 18.5 Å². The van der Waals surface area contributed by atoms with E-state index in [1.165, 1.54) is 44.9 Å². The van der Waals surface area contributed by atoms with Crippen molar-refractivity contribution in [2.24, 2.45) is 5.92 Å². The zero-order valence-electron chi connectivity index (χ0n) is 8.80. The molecule has 3 aliphatic rings. The average Bonchev–Trinajstić information content (AvgIpc) is 2.62. The van der Waals surface area contributed by atoms with E-state index in [1.54, 1.807) is 0 Å². The van der Waals surface area contributed by atoms with Gasteiger partial charge in [-0.3, -0.25) is 4.79 Å². The van der Waals surface area contributed by atoms with Crippen LogP contribution in [-0.2, 0) is 4.79 Å². The fourth-order valence-corrected chi connectivity index (χ4v) is 4.10. The number of hydrogen-bond acceptors (Lipinski definition) is 1. The van der Waals surface area contributed by atoms with Gasteiger partial charge in [-0.2, -0.15) is 0 Å². The maximum Gasteiger partial charge on any atom is 0.223 e. The van der Waals surface area contributed by atoms with Gasteiger partial charge in [-0.25, -0.2) is 0 Å². The lowest BCUT2D eigenvalue weighted by Crippen LogP contribution is -2.56. The van der Waals surface area contributed by atoms with E-state index in [0.29, 0.717) is 11.4 Å². The first-order valence-corrected chi connectivity index (χ1v) is 6.13. The standard InChI is InChI=1S/C12H19NO/c14-11-6-5-10-4-1-2-7-12(10)8-3-9-13(11)12/h10H,1-9H2/t10?,12-/m0/s1. The number of rotatable bonds is 0. The molecule has 1 saturated carbocycles. The topological polar surface area (TPSA) is 20.3 Å². The van der Waals surface area contributed by atoms with Crippen LogP contribution in [0.15, 0.2) is 0 Å². The number of carbonyl (C=O) groups is 1. The summed E-state index contributed by atoms with van der Waals surface area (Å²) in [6.45, 7) is 1.05. The largest absolute Gasteiger partial charge is 0.337 e. The SMILES string of the molecule is O=C1CCC2CCCC[C@]23CCCN13. The molecule has 2 heteroatoms. The van der Waals surface area contributed by atoms with E-state index in [0.717, 1.165) is 18.9 Å². The third-order valence-corrected chi connectivity index (χ3v) is 4.71. The van der Waals surface area contributed by atoms with E-state index >= 15 is 0 Å². The molecular formula is C12H19NO. The van der Waals surface area contributed by atoms with Crippen LogP contribution in [0.1, 0.15) is 51.4 Å². The van der Waals surface area contributed by atoms with Gasteiger partial charge in [-0.15, -0.1) is 0 Å². The molecule has 2 atom stereocenters. The fourth-order valence-electron chi connectivity index (χ4n) is 4.10. The molecule has 2 saturated heterocycles. The van der Waals surface area contributed by atoms with Crippen molar-refractivity contribution >= 4 is 5.91 Å². The summed E-state index contributed by atoms with van der Waals surface area (Å²) >= 11 is 0. The van der Waals surface area contributed by atoms with Crippen molar-refractivity contribution in [2.45, 2.75) is 56.9 Å². The van der Waals surface area contributed by atoms with E-state index in [1.807, 2.05) is 0 Å². The fraction of sp³-hybridized carbons (Fsp3) is 0.917. The molecule has 78 valence electrons. The van der Waals surface area contributed by atoms with Gasteiger partial charge in [0.1, 0.15) is 0 Å². The maximum atomic E-state index is 11.9. The van der Waals surface area contributed by atoms with Crippen LogP contribution >= 0.6 is 0 Å². The number of amides is 1. The molecule has 1 amide bonds. The highest BCUT2D eigenvalue weighted by atomic mass is 16.2. The zero-order chi connectivity index (χ0) is 9.60. The van der Waals surface area contributed by atoms with Gasteiger partial charge in [0.05, 0.1) is 0 Å². The second-order valence-corrected chi connectivity index (χ2v) is 5.23. The second-order valence-electron chi connectivity index (χ2n) is 5.23. The lowest BCUT2D eigenvalue weighted by molar-refractivity contribution is -0.145. The molecular weight excluding hydrogens is 174 g/mol. The van der Waals surface area contributed by atoms with Crippen molar-refractivity contribution in [1.29, 1.82) is 0 Å². The van der Waals surface area contributed by atoms with E-state index < -0.39 is 0 Å². The Morgan fingerprint density at radius 1 is 1.14 bits per heavy atom. The van der Waals surface area contributed by atoms with Gasteiger partial charge in [-0.1, -0.05) is 12.8 Å². The first kappa shape index (κ1) is 8.75. The van der Waals surface area contributed by atoms with E-state index in [-0.39, 0.29) is 0 Å². The summed E-state index contributed by atoms with van der Waals surface area (Å²) in [5.41, 5.74) is 0.341. The molecule has 3 rings (SSSR count). The molecule has 1 spiro atoms. The van der Waals surface area contributed by atoms with Gasteiger partial charge >= 0.3 is 0 Å². The highest BCUT2D eigenvalue weighted by Gasteiger charge is 2.51. The number of piperidine rings is 1. The summed E-state index contributed by atoms with van der Waals surface area (Å²) in [5, 5.41) is 0. The monoisotopic (exact) mass is 193 g/mol. The molecule has 2 aliphatic heterocycles. The molecule has 1 unspecified atom stereocenters. The average molecular weight is 193 g/mol.